The molecule has 1 heterocycles. The van der Waals surface area contributed by atoms with Crippen molar-refractivity contribution in [1.82, 2.24) is 0 Å². The number of carbonyl (C=O) groups excluding carboxylic acids is 1. The Balaban J connectivity index is 1.42. The molecule has 5 rings (SSSR count). The first-order valence-electron chi connectivity index (χ1n) is 12.4. The SMILES string of the molecule is O=C1[C@H](CCC(O)c2cccc(F)c2)[C@@H](c2ccc(-c3ccc(P(=O)(O)O)cc3)c(O)c2)N1c1ccccc1. The second kappa shape index (κ2) is 10.8. The lowest BCUT2D eigenvalue weighted by Gasteiger charge is -2.48. The van der Waals surface area contributed by atoms with E-state index in [1.807, 2.05) is 36.4 Å². The average molecular weight is 548 g/mol. The second-order valence-electron chi connectivity index (χ2n) is 9.61. The molecule has 4 aromatic rings. The molecule has 4 aromatic carbocycles. The van der Waals surface area contributed by atoms with Crippen LogP contribution in [0.5, 0.6) is 5.75 Å². The maximum absolute atomic E-state index is 13.6. The van der Waals surface area contributed by atoms with E-state index in [1.54, 1.807) is 23.1 Å². The molecule has 0 spiro atoms. The zero-order valence-electron chi connectivity index (χ0n) is 20.8. The molecule has 1 amide bonds. The molecule has 0 saturated carbocycles. The van der Waals surface area contributed by atoms with E-state index in [2.05, 4.69) is 0 Å². The summed E-state index contributed by atoms with van der Waals surface area (Å²) in [6.07, 6.45) is -0.307. The van der Waals surface area contributed by atoms with Crippen LogP contribution in [0.1, 0.15) is 36.1 Å². The number of nitrogens with zero attached hydrogens (tertiary/aromatic N) is 1. The lowest BCUT2D eigenvalue weighted by molar-refractivity contribution is -0.131. The molecule has 1 aliphatic heterocycles. The Morgan fingerprint density at radius 3 is 2.26 bits per heavy atom. The van der Waals surface area contributed by atoms with Gasteiger partial charge in [-0.25, -0.2) is 4.39 Å². The van der Waals surface area contributed by atoms with Crippen LogP contribution in [0.2, 0.25) is 0 Å². The molecule has 39 heavy (non-hydrogen) atoms. The van der Waals surface area contributed by atoms with Gasteiger partial charge in [0, 0.05) is 11.3 Å². The third-order valence-corrected chi connectivity index (χ3v) is 8.08. The molecule has 1 saturated heterocycles. The smallest absolute Gasteiger partial charge is 0.356 e. The number of aliphatic hydroxyl groups excluding tert-OH is 1. The van der Waals surface area contributed by atoms with Crippen LogP contribution in [-0.4, -0.2) is 25.9 Å². The second-order valence-corrected chi connectivity index (χ2v) is 11.2. The first-order chi connectivity index (χ1) is 18.6. The van der Waals surface area contributed by atoms with Crippen molar-refractivity contribution in [3.63, 3.8) is 0 Å². The van der Waals surface area contributed by atoms with Crippen LogP contribution in [0, 0.1) is 11.7 Å². The van der Waals surface area contributed by atoms with Gasteiger partial charge in [-0.2, -0.15) is 0 Å². The highest BCUT2D eigenvalue weighted by Gasteiger charge is 2.48. The summed E-state index contributed by atoms with van der Waals surface area (Å²) in [6.45, 7) is 0. The van der Waals surface area contributed by atoms with E-state index in [1.165, 1.54) is 42.5 Å². The fourth-order valence-electron chi connectivity index (χ4n) is 5.12. The van der Waals surface area contributed by atoms with Gasteiger partial charge in [-0.3, -0.25) is 9.36 Å². The molecule has 1 unspecified atom stereocenters. The van der Waals surface area contributed by atoms with Crippen LogP contribution < -0.4 is 10.2 Å². The van der Waals surface area contributed by atoms with E-state index >= 15 is 0 Å². The summed E-state index contributed by atoms with van der Waals surface area (Å²) >= 11 is 0. The summed E-state index contributed by atoms with van der Waals surface area (Å²) < 4.78 is 25.1. The van der Waals surface area contributed by atoms with Gasteiger partial charge in [0.2, 0.25) is 5.91 Å². The molecule has 0 aromatic heterocycles. The van der Waals surface area contributed by atoms with Crippen LogP contribution in [0.25, 0.3) is 11.1 Å². The first kappa shape index (κ1) is 26.8. The van der Waals surface area contributed by atoms with Gasteiger partial charge in [0.15, 0.2) is 0 Å². The minimum Gasteiger partial charge on any atom is -0.507 e. The van der Waals surface area contributed by atoms with Gasteiger partial charge in [0.25, 0.3) is 0 Å². The third-order valence-electron chi connectivity index (χ3n) is 7.11. The van der Waals surface area contributed by atoms with Crippen molar-refractivity contribution in [2.24, 2.45) is 5.92 Å². The van der Waals surface area contributed by atoms with E-state index < -0.39 is 31.5 Å². The highest BCUT2D eigenvalue weighted by molar-refractivity contribution is 7.60. The fourth-order valence-corrected chi connectivity index (χ4v) is 5.66. The van der Waals surface area contributed by atoms with Gasteiger partial charge >= 0.3 is 7.60 Å². The van der Waals surface area contributed by atoms with Gasteiger partial charge in [-0.05, 0) is 72.0 Å². The number of rotatable bonds is 8. The first-order valence-corrected chi connectivity index (χ1v) is 14.1. The Hall–Kier alpha value is -3.81. The van der Waals surface area contributed by atoms with Gasteiger partial charge in [0.1, 0.15) is 11.6 Å². The largest absolute Gasteiger partial charge is 0.507 e. The summed E-state index contributed by atoms with van der Waals surface area (Å²) in [5.41, 5.74) is 2.93. The summed E-state index contributed by atoms with van der Waals surface area (Å²) in [5.74, 6) is -1.04. The Morgan fingerprint density at radius 2 is 1.62 bits per heavy atom. The molecule has 7 nitrogen and oxygen atoms in total. The molecule has 1 fully saturated rings. The van der Waals surface area contributed by atoms with Crippen molar-refractivity contribution in [1.29, 1.82) is 0 Å². The summed E-state index contributed by atoms with van der Waals surface area (Å²) in [5, 5.41) is 21.4. The number of phenolic OH excluding ortho intramolecular Hbond substituents is 1. The maximum Gasteiger partial charge on any atom is 0.356 e. The number of para-hydroxylation sites is 1. The molecule has 9 heteroatoms. The van der Waals surface area contributed by atoms with Crippen LogP contribution in [0.15, 0.2) is 97.1 Å². The number of benzene rings is 4. The number of hydrogen-bond acceptors (Lipinski definition) is 4. The maximum atomic E-state index is 13.6. The van der Waals surface area contributed by atoms with Crippen molar-refractivity contribution >= 4 is 24.5 Å². The normalized spacial score (nSPS) is 18.1. The number of hydrogen-bond donors (Lipinski definition) is 4. The third kappa shape index (κ3) is 5.51. The summed E-state index contributed by atoms with van der Waals surface area (Å²) in [7, 11) is -4.38. The van der Waals surface area contributed by atoms with Crippen LogP contribution in [-0.2, 0) is 9.36 Å². The Kier molecular flexibility index (Phi) is 7.38. The lowest BCUT2D eigenvalue weighted by Crippen LogP contribution is -2.55. The number of phenols is 1. The van der Waals surface area contributed by atoms with Crippen LogP contribution in [0.4, 0.5) is 10.1 Å². The minimum absolute atomic E-state index is 0.0395. The average Bonchev–Trinajstić information content (AvgIpc) is 2.91. The molecule has 0 bridgehead atoms. The van der Waals surface area contributed by atoms with Crippen molar-refractivity contribution in [3.8, 4) is 16.9 Å². The zero-order valence-corrected chi connectivity index (χ0v) is 21.7. The van der Waals surface area contributed by atoms with E-state index in [0.29, 0.717) is 34.4 Å². The molecule has 1 aliphatic rings. The van der Waals surface area contributed by atoms with E-state index in [0.717, 1.165) is 0 Å². The van der Waals surface area contributed by atoms with Gasteiger partial charge in [-0.1, -0.05) is 54.6 Å². The van der Waals surface area contributed by atoms with Gasteiger partial charge < -0.3 is 24.9 Å². The van der Waals surface area contributed by atoms with Gasteiger partial charge in [-0.15, -0.1) is 0 Å². The summed E-state index contributed by atoms with van der Waals surface area (Å²) in [4.78, 5) is 33.7. The van der Waals surface area contributed by atoms with Crippen molar-refractivity contribution in [2.75, 3.05) is 4.90 Å². The van der Waals surface area contributed by atoms with E-state index in [4.69, 9.17) is 0 Å². The zero-order chi connectivity index (χ0) is 27.7. The predicted octanol–water partition coefficient (Wildman–Crippen LogP) is 5.22. The highest BCUT2D eigenvalue weighted by Crippen LogP contribution is 2.47. The van der Waals surface area contributed by atoms with Crippen molar-refractivity contribution in [3.05, 3.63) is 114 Å². The Labute approximate surface area is 225 Å². The summed E-state index contributed by atoms with van der Waals surface area (Å²) in [6, 6.07) is 25.4. The molecular formula is C30H27FNO6P. The number of carbonyl (C=O) groups is 1. The van der Waals surface area contributed by atoms with Crippen molar-refractivity contribution in [2.45, 2.75) is 25.0 Å². The molecule has 0 radical (unpaired) electrons. The molecule has 0 aliphatic carbocycles. The monoisotopic (exact) mass is 547 g/mol. The standard InChI is InChI=1S/C30H27FNO6P/c31-22-6-4-5-20(17-22)27(33)16-15-26-29(32(30(26)35)23-7-2-1-3-8-23)21-11-14-25(28(34)18-21)19-9-12-24(13-10-19)39(36,37)38/h1-14,17-18,26-27,29,33-34H,15-16H2,(H2,36,37,38)/t26-,27?,29-/m1/s1. The topological polar surface area (TPSA) is 118 Å². The molecule has 3 atom stereocenters. The van der Waals surface area contributed by atoms with E-state index in [9.17, 15) is 33.7 Å². The molecule has 4 N–H and O–H groups in total. The fraction of sp³-hybridized carbons (Fsp3) is 0.167. The van der Waals surface area contributed by atoms with Crippen molar-refractivity contribution < 1.29 is 33.7 Å². The number of anilines is 1. The predicted molar refractivity (Wildman–Crippen MR) is 146 cm³/mol. The highest BCUT2D eigenvalue weighted by atomic mass is 31.2. The quantitative estimate of drug-likeness (QED) is 0.178. The van der Waals surface area contributed by atoms with Gasteiger partial charge in [0.05, 0.1) is 23.4 Å². The van der Waals surface area contributed by atoms with E-state index in [-0.39, 0.29) is 23.4 Å². The number of amides is 1. The number of β-lactam (4-membered cyclic amide) rings is 1. The molecule has 200 valence electrons. The molecular weight excluding hydrogens is 520 g/mol. The van der Waals surface area contributed by atoms with Crippen LogP contribution in [0.3, 0.4) is 0 Å². The minimum atomic E-state index is -4.38. The lowest BCUT2D eigenvalue weighted by atomic mass is 9.78. The number of aliphatic hydroxyl groups is 1. The number of halogens is 1. The Morgan fingerprint density at radius 1 is 0.897 bits per heavy atom. The Bertz CT molecular complexity index is 1540. The van der Waals surface area contributed by atoms with Crippen LogP contribution >= 0.6 is 7.60 Å². The number of aromatic hydroxyl groups is 1.